The van der Waals surface area contributed by atoms with Gasteiger partial charge in [-0.15, -0.1) is 0 Å². The summed E-state index contributed by atoms with van der Waals surface area (Å²) in [5.41, 5.74) is 11.4. The highest BCUT2D eigenvalue weighted by atomic mass is 79.9. The highest BCUT2D eigenvalue weighted by Gasteiger charge is 2.35. The van der Waals surface area contributed by atoms with Crippen molar-refractivity contribution in [2.24, 2.45) is 0 Å². The molecule has 0 unspecified atom stereocenters. The lowest BCUT2D eigenvalue weighted by Crippen LogP contribution is -2.05. The standard InChI is InChI=1S/C27H18Br2/c28-16-9-11-22-23-12-10-17(29)14-25(23)27(24(22)13-16)15-26-20-7-3-1-5-18(20)19-6-2-4-8-21(19)26/h1-14,26-27H,15H2. The molecule has 0 amide bonds. The van der Waals surface area contributed by atoms with E-state index in [1.807, 2.05) is 0 Å². The molecule has 0 atom stereocenters. The summed E-state index contributed by atoms with van der Waals surface area (Å²) < 4.78 is 2.31. The van der Waals surface area contributed by atoms with Gasteiger partial charge >= 0.3 is 0 Å². The molecule has 0 saturated heterocycles. The Morgan fingerprint density at radius 3 is 1.41 bits per heavy atom. The highest BCUT2D eigenvalue weighted by molar-refractivity contribution is 9.10. The molecule has 0 fully saturated rings. The van der Waals surface area contributed by atoms with E-state index >= 15 is 0 Å². The van der Waals surface area contributed by atoms with Gasteiger partial charge in [0.1, 0.15) is 0 Å². The van der Waals surface area contributed by atoms with Gasteiger partial charge in [0.15, 0.2) is 0 Å². The van der Waals surface area contributed by atoms with Gasteiger partial charge in [0, 0.05) is 20.8 Å². The Kier molecular flexibility index (Phi) is 4.07. The van der Waals surface area contributed by atoms with Crippen LogP contribution in [0, 0.1) is 0 Å². The fraction of sp³-hybridized carbons (Fsp3) is 0.111. The fourth-order valence-corrected chi connectivity index (χ4v) is 6.06. The van der Waals surface area contributed by atoms with Crippen LogP contribution in [0.3, 0.4) is 0 Å². The number of fused-ring (bicyclic) bond motifs is 6. The number of hydrogen-bond acceptors (Lipinski definition) is 0. The van der Waals surface area contributed by atoms with Crippen molar-refractivity contribution in [3.05, 3.63) is 116 Å². The van der Waals surface area contributed by atoms with Crippen LogP contribution in [0.2, 0.25) is 0 Å². The summed E-state index contributed by atoms with van der Waals surface area (Å²) in [6.45, 7) is 0. The van der Waals surface area contributed by atoms with Crippen LogP contribution in [-0.2, 0) is 0 Å². The molecular formula is C27H18Br2. The summed E-state index contributed by atoms with van der Waals surface area (Å²) in [5.74, 6) is 0.809. The van der Waals surface area contributed by atoms with Crippen LogP contribution in [0.15, 0.2) is 93.9 Å². The van der Waals surface area contributed by atoms with E-state index in [0.717, 1.165) is 15.4 Å². The van der Waals surface area contributed by atoms with Crippen LogP contribution in [0.1, 0.15) is 40.5 Å². The molecular weight excluding hydrogens is 484 g/mol. The molecule has 140 valence electrons. The lowest BCUT2D eigenvalue weighted by atomic mass is 9.82. The van der Waals surface area contributed by atoms with Crippen molar-refractivity contribution in [1.29, 1.82) is 0 Å². The highest BCUT2D eigenvalue weighted by Crippen LogP contribution is 2.54. The molecule has 0 bridgehead atoms. The molecule has 0 N–H and O–H groups in total. The summed E-state index contributed by atoms with van der Waals surface area (Å²) in [5, 5.41) is 0. The molecule has 0 aromatic heterocycles. The average Bonchev–Trinajstić information content (AvgIpc) is 3.21. The van der Waals surface area contributed by atoms with Gasteiger partial charge < -0.3 is 0 Å². The van der Waals surface area contributed by atoms with Crippen LogP contribution in [0.4, 0.5) is 0 Å². The third-order valence-corrected chi connectivity index (χ3v) is 7.49. The van der Waals surface area contributed by atoms with E-state index < -0.39 is 0 Å². The van der Waals surface area contributed by atoms with E-state index in [1.54, 1.807) is 0 Å². The van der Waals surface area contributed by atoms with E-state index in [2.05, 4.69) is 117 Å². The number of hydrogen-bond donors (Lipinski definition) is 0. The third-order valence-electron chi connectivity index (χ3n) is 6.50. The average molecular weight is 502 g/mol. The molecule has 0 nitrogen and oxygen atoms in total. The molecule has 0 aliphatic heterocycles. The molecule has 2 aliphatic carbocycles. The van der Waals surface area contributed by atoms with Crippen LogP contribution in [0.25, 0.3) is 22.3 Å². The van der Waals surface area contributed by atoms with Crippen LogP contribution >= 0.6 is 31.9 Å². The van der Waals surface area contributed by atoms with Crippen LogP contribution in [0.5, 0.6) is 0 Å². The van der Waals surface area contributed by atoms with Crippen molar-refractivity contribution >= 4 is 31.9 Å². The molecule has 2 aliphatic rings. The molecule has 0 heterocycles. The molecule has 0 radical (unpaired) electrons. The van der Waals surface area contributed by atoms with Gasteiger partial charge in [-0.05, 0) is 75.2 Å². The van der Waals surface area contributed by atoms with Gasteiger partial charge in [-0.2, -0.15) is 0 Å². The molecule has 0 spiro atoms. The normalized spacial score (nSPS) is 14.4. The second-order valence-electron chi connectivity index (χ2n) is 7.98. The quantitative estimate of drug-likeness (QED) is 0.258. The second-order valence-corrected chi connectivity index (χ2v) is 9.81. The number of halogens is 2. The first-order valence-electron chi connectivity index (χ1n) is 9.98. The van der Waals surface area contributed by atoms with Gasteiger partial charge in [0.25, 0.3) is 0 Å². The number of benzene rings is 4. The predicted molar refractivity (Wildman–Crippen MR) is 127 cm³/mol. The van der Waals surface area contributed by atoms with Crippen molar-refractivity contribution < 1.29 is 0 Å². The van der Waals surface area contributed by atoms with E-state index in [0.29, 0.717) is 11.8 Å². The zero-order valence-electron chi connectivity index (χ0n) is 15.7. The van der Waals surface area contributed by atoms with Crippen molar-refractivity contribution in [2.75, 3.05) is 0 Å². The molecule has 0 saturated carbocycles. The Balaban J connectivity index is 1.52. The first-order chi connectivity index (χ1) is 14.2. The minimum Gasteiger partial charge on any atom is -0.0619 e. The van der Waals surface area contributed by atoms with Crippen LogP contribution in [-0.4, -0.2) is 0 Å². The van der Waals surface area contributed by atoms with Gasteiger partial charge in [-0.1, -0.05) is 92.5 Å². The smallest absolute Gasteiger partial charge is 0.0178 e. The first-order valence-corrected chi connectivity index (χ1v) is 11.6. The van der Waals surface area contributed by atoms with E-state index in [4.69, 9.17) is 0 Å². The minimum atomic E-state index is 0.388. The molecule has 2 heteroatoms. The lowest BCUT2D eigenvalue weighted by molar-refractivity contribution is 0.663. The van der Waals surface area contributed by atoms with E-state index in [1.165, 1.54) is 44.5 Å². The van der Waals surface area contributed by atoms with Crippen molar-refractivity contribution in [2.45, 2.75) is 18.3 Å². The predicted octanol–water partition coefficient (Wildman–Crippen LogP) is 8.53. The van der Waals surface area contributed by atoms with E-state index in [9.17, 15) is 0 Å². The summed E-state index contributed by atoms with van der Waals surface area (Å²) in [6, 6.07) is 31.4. The van der Waals surface area contributed by atoms with Gasteiger partial charge in [-0.25, -0.2) is 0 Å². The molecule has 29 heavy (non-hydrogen) atoms. The third kappa shape index (κ3) is 2.69. The Hall–Kier alpha value is -2.16. The summed E-state index contributed by atoms with van der Waals surface area (Å²) in [4.78, 5) is 0. The maximum Gasteiger partial charge on any atom is 0.0178 e. The zero-order chi connectivity index (χ0) is 19.5. The fourth-order valence-electron chi connectivity index (χ4n) is 5.31. The summed E-state index contributed by atoms with van der Waals surface area (Å²) in [6.07, 6.45) is 1.08. The Labute approximate surface area is 187 Å². The first kappa shape index (κ1) is 17.7. The second kappa shape index (κ2) is 6.68. The number of rotatable bonds is 2. The largest absolute Gasteiger partial charge is 0.0619 e. The maximum absolute atomic E-state index is 3.71. The van der Waals surface area contributed by atoms with Crippen molar-refractivity contribution in [3.8, 4) is 22.3 Å². The van der Waals surface area contributed by atoms with Gasteiger partial charge in [-0.3, -0.25) is 0 Å². The summed E-state index contributed by atoms with van der Waals surface area (Å²) >= 11 is 7.41. The topological polar surface area (TPSA) is 0 Å². The van der Waals surface area contributed by atoms with Crippen molar-refractivity contribution in [1.82, 2.24) is 0 Å². The Bertz CT molecular complexity index is 1170. The van der Waals surface area contributed by atoms with Crippen molar-refractivity contribution in [3.63, 3.8) is 0 Å². The molecule has 4 aromatic carbocycles. The minimum absolute atomic E-state index is 0.388. The van der Waals surface area contributed by atoms with E-state index in [-0.39, 0.29) is 0 Å². The molecule has 4 aromatic rings. The Morgan fingerprint density at radius 1 is 0.483 bits per heavy atom. The molecule has 6 rings (SSSR count). The van der Waals surface area contributed by atoms with Gasteiger partial charge in [0.2, 0.25) is 0 Å². The van der Waals surface area contributed by atoms with Gasteiger partial charge in [0.05, 0.1) is 0 Å². The summed E-state index contributed by atoms with van der Waals surface area (Å²) in [7, 11) is 0. The Morgan fingerprint density at radius 2 is 0.897 bits per heavy atom. The van der Waals surface area contributed by atoms with Crippen LogP contribution < -0.4 is 0 Å². The zero-order valence-corrected chi connectivity index (χ0v) is 18.9. The maximum atomic E-state index is 3.71. The SMILES string of the molecule is Brc1ccc2c(c1)C(CC1c3ccccc3-c3ccccc31)c1cc(Br)ccc1-2. The lowest BCUT2D eigenvalue weighted by Gasteiger charge is -2.21. The monoisotopic (exact) mass is 500 g/mol.